The van der Waals surface area contributed by atoms with Gasteiger partial charge >= 0.3 is 12.1 Å². The van der Waals surface area contributed by atoms with Crippen LogP contribution in [0.3, 0.4) is 0 Å². The number of likely N-dealkylation sites (tertiary alicyclic amines) is 2. The Morgan fingerprint density at radius 3 is 2.42 bits per heavy atom. The number of rotatable bonds is 8. The van der Waals surface area contributed by atoms with Gasteiger partial charge in [0.15, 0.2) is 0 Å². The smallest absolute Gasteiger partial charge is 0.409 e. The number of nitrogens with zero attached hydrogens (tertiary/aromatic N) is 2. The molecule has 1 amide bonds. The zero-order valence-corrected chi connectivity index (χ0v) is 18.9. The largest absolute Gasteiger partial charge is 0.494 e. The van der Waals surface area contributed by atoms with Gasteiger partial charge in [-0.1, -0.05) is 18.2 Å². The van der Waals surface area contributed by atoms with Crippen LogP contribution in [0.5, 0.6) is 5.75 Å². The summed E-state index contributed by atoms with van der Waals surface area (Å²) in [7, 11) is 0. The van der Waals surface area contributed by atoms with Gasteiger partial charge in [0.1, 0.15) is 5.75 Å². The molecular formula is C24H36N2O5. The first-order chi connectivity index (χ1) is 15.1. The third-order valence-electron chi connectivity index (χ3n) is 6.41. The third kappa shape index (κ3) is 6.12. The number of benzene rings is 1. The van der Waals surface area contributed by atoms with Gasteiger partial charge in [-0.05, 0) is 64.6 Å². The molecule has 172 valence electrons. The lowest BCUT2D eigenvalue weighted by molar-refractivity contribution is -0.161. The molecule has 2 heterocycles. The highest BCUT2D eigenvalue weighted by Gasteiger charge is 2.45. The number of piperidine rings is 2. The molecule has 2 fully saturated rings. The number of ether oxygens (including phenoxy) is 3. The standard InChI is InChI=1S/C24H36N2O5/c1-3-29-22(27)24(14-18-31-21-9-6-5-7-10-21)13-8-15-26(19-24)20-11-16-25(17-12-20)23(28)30-4-2/h5-7,9-10,20H,3-4,8,11-19H2,1-2H3. The topological polar surface area (TPSA) is 68.3 Å². The van der Waals surface area contributed by atoms with Crippen molar-refractivity contribution < 1.29 is 23.8 Å². The monoisotopic (exact) mass is 432 g/mol. The van der Waals surface area contributed by atoms with Crippen molar-refractivity contribution in [2.45, 2.75) is 52.0 Å². The van der Waals surface area contributed by atoms with E-state index in [4.69, 9.17) is 14.2 Å². The Morgan fingerprint density at radius 1 is 1.03 bits per heavy atom. The minimum atomic E-state index is -0.540. The van der Waals surface area contributed by atoms with Crippen LogP contribution in [0.1, 0.15) is 46.0 Å². The van der Waals surface area contributed by atoms with Crippen LogP contribution in [0, 0.1) is 5.41 Å². The molecule has 2 aliphatic heterocycles. The van der Waals surface area contributed by atoms with Crippen LogP contribution in [0.4, 0.5) is 4.79 Å². The summed E-state index contributed by atoms with van der Waals surface area (Å²) in [6, 6.07) is 10.1. The molecule has 1 aromatic rings. The van der Waals surface area contributed by atoms with Gasteiger partial charge in [-0.2, -0.15) is 0 Å². The fraction of sp³-hybridized carbons (Fsp3) is 0.667. The van der Waals surface area contributed by atoms with Gasteiger partial charge in [-0.3, -0.25) is 9.69 Å². The fourth-order valence-electron chi connectivity index (χ4n) is 4.75. The molecule has 1 unspecified atom stereocenters. The van der Waals surface area contributed by atoms with Gasteiger partial charge in [0, 0.05) is 25.7 Å². The van der Waals surface area contributed by atoms with Gasteiger partial charge in [-0.15, -0.1) is 0 Å². The summed E-state index contributed by atoms with van der Waals surface area (Å²) >= 11 is 0. The number of hydrogen-bond donors (Lipinski definition) is 0. The molecular weight excluding hydrogens is 396 g/mol. The van der Waals surface area contributed by atoms with Crippen molar-refractivity contribution in [3.63, 3.8) is 0 Å². The van der Waals surface area contributed by atoms with Crippen LogP contribution in [-0.4, -0.2) is 73.9 Å². The summed E-state index contributed by atoms with van der Waals surface area (Å²) in [6.45, 7) is 8.02. The normalized spacial score (nSPS) is 22.7. The average Bonchev–Trinajstić information content (AvgIpc) is 2.80. The molecule has 0 radical (unpaired) electrons. The molecule has 0 aliphatic carbocycles. The van der Waals surface area contributed by atoms with Crippen LogP contribution in [0.2, 0.25) is 0 Å². The number of amides is 1. The summed E-state index contributed by atoms with van der Waals surface area (Å²) in [5, 5.41) is 0. The summed E-state index contributed by atoms with van der Waals surface area (Å²) in [5.41, 5.74) is -0.540. The van der Waals surface area contributed by atoms with Gasteiger partial charge in [-0.25, -0.2) is 4.79 Å². The van der Waals surface area contributed by atoms with Crippen LogP contribution >= 0.6 is 0 Å². The maximum atomic E-state index is 13.0. The maximum absolute atomic E-state index is 13.0. The van der Waals surface area contributed by atoms with E-state index in [2.05, 4.69) is 4.90 Å². The van der Waals surface area contributed by atoms with Crippen molar-refractivity contribution in [3.05, 3.63) is 30.3 Å². The lowest BCUT2D eigenvalue weighted by Gasteiger charge is -2.46. The van der Waals surface area contributed by atoms with E-state index >= 15 is 0 Å². The molecule has 2 aliphatic rings. The van der Waals surface area contributed by atoms with Crippen LogP contribution in [0.15, 0.2) is 30.3 Å². The Labute approximate surface area is 185 Å². The highest BCUT2D eigenvalue weighted by Crippen LogP contribution is 2.37. The lowest BCUT2D eigenvalue weighted by Crippen LogP contribution is -2.55. The second-order valence-electron chi connectivity index (χ2n) is 8.40. The predicted octanol–water partition coefficient (Wildman–Crippen LogP) is 3.72. The number of para-hydroxylation sites is 1. The summed E-state index contributed by atoms with van der Waals surface area (Å²) in [5.74, 6) is 0.709. The predicted molar refractivity (Wildman–Crippen MR) is 118 cm³/mol. The quantitative estimate of drug-likeness (QED) is 0.583. The summed E-state index contributed by atoms with van der Waals surface area (Å²) in [4.78, 5) is 29.2. The van der Waals surface area contributed by atoms with Crippen LogP contribution in [-0.2, 0) is 14.3 Å². The summed E-state index contributed by atoms with van der Waals surface area (Å²) in [6.07, 6.45) is 4.00. The third-order valence-corrected chi connectivity index (χ3v) is 6.41. The number of carbonyl (C=O) groups is 2. The second kappa shape index (κ2) is 11.4. The van der Waals surface area contributed by atoms with Crippen molar-refractivity contribution >= 4 is 12.1 Å². The summed E-state index contributed by atoms with van der Waals surface area (Å²) < 4.78 is 16.6. The van der Waals surface area contributed by atoms with Crippen molar-refractivity contribution in [2.24, 2.45) is 5.41 Å². The maximum Gasteiger partial charge on any atom is 0.409 e. The van der Waals surface area contributed by atoms with Gasteiger partial charge in [0.05, 0.1) is 25.2 Å². The Balaban J connectivity index is 1.61. The molecule has 0 N–H and O–H groups in total. The van der Waals surface area contributed by atoms with Crippen molar-refractivity contribution in [3.8, 4) is 5.75 Å². The van der Waals surface area contributed by atoms with Crippen molar-refractivity contribution in [2.75, 3.05) is 46.0 Å². The average molecular weight is 433 g/mol. The molecule has 31 heavy (non-hydrogen) atoms. The zero-order valence-electron chi connectivity index (χ0n) is 18.9. The van der Waals surface area contributed by atoms with E-state index in [1.165, 1.54) is 0 Å². The van der Waals surface area contributed by atoms with Crippen LogP contribution in [0.25, 0.3) is 0 Å². The van der Waals surface area contributed by atoms with Crippen molar-refractivity contribution in [1.29, 1.82) is 0 Å². The number of carbonyl (C=O) groups excluding carboxylic acids is 2. The SMILES string of the molecule is CCOC(=O)N1CCC(N2CCCC(CCOc3ccccc3)(C(=O)OCC)C2)CC1. The number of esters is 1. The Morgan fingerprint density at radius 2 is 1.74 bits per heavy atom. The zero-order chi connectivity index (χ0) is 22.1. The Hall–Kier alpha value is -2.28. The lowest BCUT2D eigenvalue weighted by atomic mass is 9.76. The molecule has 1 aromatic carbocycles. The minimum Gasteiger partial charge on any atom is -0.494 e. The first-order valence-electron chi connectivity index (χ1n) is 11.6. The molecule has 0 spiro atoms. The highest BCUT2D eigenvalue weighted by molar-refractivity contribution is 5.77. The molecule has 0 bridgehead atoms. The highest BCUT2D eigenvalue weighted by atomic mass is 16.6. The molecule has 1 atom stereocenters. The first kappa shape index (κ1) is 23.4. The molecule has 0 saturated carbocycles. The fourth-order valence-corrected chi connectivity index (χ4v) is 4.75. The van der Waals surface area contributed by atoms with E-state index in [0.29, 0.717) is 51.9 Å². The van der Waals surface area contributed by atoms with Crippen LogP contribution < -0.4 is 4.74 Å². The second-order valence-corrected chi connectivity index (χ2v) is 8.40. The molecule has 3 rings (SSSR count). The first-order valence-corrected chi connectivity index (χ1v) is 11.6. The van der Waals surface area contributed by atoms with Gasteiger partial charge < -0.3 is 19.1 Å². The van der Waals surface area contributed by atoms with E-state index in [-0.39, 0.29) is 12.1 Å². The molecule has 7 nitrogen and oxygen atoms in total. The minimum absolute atomic E-state index is 0.111. The Kier molecular flexibility index (Phi) is 8.58. The Bertz CT molecular complexity index is 705. The van der Waals surface area contributed by atoms with E-state index in [1.54, 1.807) is 4.90 Å². The molecule has 2 saturated heterocycles. The van der Waals surface area contributed by atoms with E-state index in [1.807, 2.05) is 44.2 Å². The van der Waals surface area contributed by atoms with E-state index < -0.39 is 5.41 Å². The van der Waals surface area contributed by atoms with Gasteiger partial charge in [0.2, 0.25) is 0 Å². The number of hydrogen-bond acceptors (Lipinski definition) is 6. The molecule has 0 aromatic heterocycles. The molecule has 7 heteroatoms. The van der Waals surface area contributed by atoms with E-state index in [0.717, 1.165) is 38.0 Å². The van der Waals surface area contributed by atoms with E-state index in [9.17, 15) is 9.59 Å². The van der Waals surface area contributed by atoms with Crippen molar-refractivity contribution in [1.82, 2.24) is 9.80 Å². The van der Waals surface area contributed by atoms with Gasteiger partial charge in [0.25, 0.3) is 0 Å².